The molecule has 1 aliphatic heterocycles. The van der Waals surface area contributed by atoms with Crippen molar-refractivity contribution >= 4 is 23.5 Å². The molecule has 0 saturated carbocycles. The summed E-state index contributed by atoms with van der Waals surface area (Å²) in [5.41, 5.74) is 3.70. The van der Waals surface area contributed by atoms with E-state index in [1.54, 1.807) is 7.11 Å². The quantitative estimate of drug-likeness (QED) is 0.462. The van der Waals surface area contributed by atoms with Gasteiger partial charge < -0.3 is 9.47 Å². The summed E-state index contributed by atoms with van der Waals surface area (Å²) in [5, 5.41) is 0. The number of methoxy groups -OCH3 is 1. The van der Waals surface area contributed by atoms with E-state index in [2.05, 4.69) is 71.3 Å². The zero-order chi connectivity index (χ0) is 23.7. The van der Waals surface area contributed by atoms with Gasteiger partial charge in [0.05, 0.1) is 12.7 Å². The summed E-state index contributed by atoms with van der Waals surface area (Å²) in [6, 6.07) is 23.2. The highest BCUT2D eigenvalue weighted by Gasteiger charge is 2.16. The monoisotopic (exact) mass is 489 g/mol. The Hall–Kier alpha value is -2.56. The third-order valence-electron chi connectivity index (χ3n) is 4.80. The molecule has 0 amide bonds. The van der Waals surface area contributed by atoms with Gasteiger partial charge in [-0.05, 0) is 41.5 Å². The predicted octanol–water partition coefficient (Wildman–Crippen LogP) is -0.359. The number of hydrogen-bond acceptors (Lipinski definition) is 7. The fourth-order valence-electron chi connectivity index (χ4n) is 3.26. The molecule has 1 aromatic heterocycles. The van der Waals surface area contributed by atoms with E-state index in [-0.39, 0.29) is 0 Å². The largest absolute Gasteiger partial charge is 0.497 e. The molecule has 0 bridgehead atoms. The Morgan fingerprint density at radius 2 is 1.52 bits per heavy atom. The fourth-order valence-corrected chi connectivity index (χ4v) is 4.36. The van der Waals surface area contributed by atoms with Crippen LogP contribution in [0, 0.1) is 10.2 Å². The fraction of sp³-hybridized carbons (Fsp3) is 0.208. The summed E-state index contributed by atoms with van der Waals surface area (Å²) in [4.78, 5) is 1.23. The molecular weight excluding hydrogens is 466 g/mol. The van der Waals surface area contributed by atoms with E-state index in [9.17, 15) is 0 Å². The Morgan fingerprint density at radius 3 is 2.12 bits per heavy atom. The van der Waals surface area contributed by atoms with Crippen LogP contribution in [0.2, 0.25) is 0 Å². The van der Waals surface area contributed by atoms with E-state index in [1.165, 1.54) is 20.7 Å². The third kappa shape index (κ3) is 8.38. The van der Waals surface area contributed by atoms with E-state index in [1.807, 2.05) is 23.5 Å². The van der Waals surface area contributed by atoms with E-state index in [0.717, 1.165) is 37.6 Å². The van der Waals surface area contributed by atoms with Crippen LogP contribution in [0.3, 0.4) is 0 Å². The smallest absolute Gasteiger partial charge is 0.264 e. The molecule has 4 rings (SSSR count). The Kier molecular flexibility index (Phi) is 9.16. The van der Waals surface area contributed by atoms with Crippen LogP contribution in [0.25, 0.3) is 23.3 Å². The van der Waals surface area contributed by atoms with Crippen molar-refractivity contribution in [2.45, 2.75) is 0 Å². The average molecular weight is 490 g/mol. The summed E-state index contributed by atoms with van der Waals surface area (Å²) < 4.78 is 48.5. The second kappa shape index (κ2) is 12.1. The maximum Gasteiger partial charge on any atom is 0.264 e. The summed E-state index contributed by atoms with van der Waals surface area (Å²) in [7, 11) is -3.26. The van der Waals surface area contributed by atoms with Crippen molar-refractivity contribution in [1.29, 1.82) is 0 Å². The Labute approximate surface area is 198 Å². The Bertz CT molecular complexity index is 1110. The van der Waals surface area contributed by atoms with Crippen LogP contribution >= 0.6 is 11.3 Å². The molecule has 0 N–H and O–H groups in total. The highest BCUT2D eigenvalue weighted by molar-refractivity contribution is 7.10. The van der Waals surface area contributed by atoms with Crippen molar-refractivity contribution in [1.82, 2.24) is 4.58 Å². The van der Waals surface area contributed by atoms with Gasteiger partial charge in [-0.25, -0.2) is 23.2 Å². The number of halogens is 1. The summed E-state index contributed by atoms with van der Waals surface area (Å²) >= 11 is 1.84. The van der Waals surface area contributed by atoms with Gasteiger partial charge in [-0.3, -0.25) is 0 Å². The van der Waals surface area contributed by atoms with E-state index in [0.29, 0.717) is 0 Å². The number of nitrogens with zero attached hydrogens (tertiary/aromatic N) is 1. The van der Waals surface area contributed by atoms with E-state index in [4.69, 9.17) is 28.1 Å². The topological polar surface area (TPSA) is 114 Å². The van der Waals surface area contributed by atoms with Crippen LogP contribution in [0.15, 0.2) is 66.7 Å². The first-order valence-corrected chi connectivity index (χ1v) is 12.2. The number of rotatable bonds is 4. The first kappa shape index (κ1) is 25.1. The number of hydrogen-bond donors (Lipinski definition) is 0. The third-order valence-corrected chi connectivity index (χ3v) is 5.98. The maximum atomic E-state index is 8.49. The summed E-state index contributed by atoms with van der Waals surface area (Å²) in [6.45, 7) is 3.43. The molecule has 1 aliphatic rings. The molecule has 1 saturated heterocycles. The van der Waals surface area contributed by atoms with E-state index < -0.39 is 10.2 Å². The molecule has 9 heteroatoms. The van der Waals surface area contributed by atoms with Gasteiger partial charge in [0.1, 0.15) is 19.0 Å². The molecule has 7 nitrogen and oxygen atoms in total. The molecule has 1 fully saturated rings. The number of ether oxygens (including phenoxy) is 2. The van der Waals surface area contributed by atoms with Crippen LogP contribution in [-0.2, 0) is 4.74 Å². The van der Waals surface area contributed by atoms with Gasteiger partial charge in [0, 0.05) is 4.88 Å². The van der Waals surface area contributed by atoms with Crippen LogP contribution in [0.1, 0.15) is 10.4 Å². The Morgan fingerprint density at radius 1 is 0.879 bits per heavy atom. The second-order valence-corrected chi connectivity index (χ2v) is 8.82. The summed E-state index contributed by atoms with van der Waals surface area (Å²) in [6.07, 6.45) is 4.34. The first-order chi connectivity index (χ1) is 15.8. The minimum absolute atomic E-state index is 0.785. The molecule has 33 heavy (non-hydrogen) atoms. The second-order valence-electron chi connectivity index (χ2n) is 7.01. The van der Waals surface area contributed by atoms with Gasteiger partial charge in [0.15, 0.2) is 13.1 Å². The summed E-state index contributed by atoms with van der Waals surface area (Å²) in [5.74, 6) is 0.877. The van der Waals surface area contributed by atoms with Crippen molar-refractivity contribution in [3.8, 4) is 16.9 Å². The van der Waals surface area contributed by atoms with E-state index >= 15 is 0 Å². The van der Waals surface area contributed by atoms with Gasteiger partial charge in [-0.1, -0.05) is 59.9 Å². The van der Waals surface area contributed by atoms with Crippen molar-refractivity contribution in [3.05, 3.63) is 81.8 Å². The Balaban J connectivity index is 0.000000555. The minimum Gasteiger partial charge on any atom is -0.497 e. The zero-order valence-electron chi connectivity index (χ0n) is 18.0. The predicted molar refractivity (Wildman–Crippen MR) is 117 cm³/mol. The van der Waals surface area contributed by atoms with Gasteiger partial charge in [0.2, 0.25) is 0 Å². The molecular formula is C24H24ClNO6S. The van der Waals surface area contributed by atoms with Gasteiger partial charge in [0.25, 0.3) is 4.67 Å². The van der Waals surface area contributed by atoms with Crippen molar-refractivity contribution in [2.24, 2.45) is 0 Å². The van der Waals surface area contributed by atoms with Gasteiger partial charge >= 0.3 is 0 Å². The SMILES string of the molecule is COc1ccc(/C=C/c2ccc(-c3ccccc3)c(=[N+]3CCOCC3)s2)cc1.[O-][Cl+3]([O-])([O-])[O-]. The minimum atomic E-state index is -4.94. The van der Waals surface area contributed by atoms with Crippen molar-refractivity contribution < 1.29 is 38.4 Å². The lowest BCUT2D eigenvalue weighted by molar-refractivity contribution is -2.00. The molecule has 0 unspecified atom stereocenters. The van der Waals surface area contributed by atoms with Crippen LogP contribution in [0.5, 0.6) is 5.75 Å². The molecule has 2 heterocycles. The first-order valence-electron chi connectivity index (χ1n) is 10.1. The van der Waals surface area contributed by atoms with Crippen LogP contribution in [0.4, 0.5) is 0 Å². The van der Waals surface area contributed by atoms with Gasteiger partial charge in [-0.15, -0.1) is 10.2 Å². The lowest BCUT2D eigenvalue weighted by Crippen LogP contribution is -2.68. The highest BCUT2D eigenvalue weighted by atomic mass is 35.7. The zero-order valence-corrected chi connectivity index (χ0v) is 19.6. The van der Waals surface area contributed by atoms with Crippen molar-refractivity contribution in [2.75, 3.05) is 33.4 Å². The normalized spacial score (nSPS) is 14.0. The molecule has 0 spiro atoms. The van der Waals surface area contributed by atoms with Crippen LogP contribution < -0.4 is 32.6 Å². The molecule has 2 aromatic carbocycles. The maximum absolute atomic E-state index is 8.49. The number of morpholine rings is 1. The lowest BCUT2D eigenvalue weighted by atomic mass is 10.1. The molecule has 174 valence electrons. The molecule has 0 radical (unpaired) electrons. The van der Waals surface area contributed by atoms with Crippen molar-refractivity contribution in [3.63, 3.8) is 0 Å². The highest BCUT2D eigenvalue weighted by Crippen LogP contribution is 2.20. The number of benzene rings is 2. The average Bonchev–Trinajstić information content (AvgIpc) is 2.83. The molecule has 3 aromatic rings. The van der Waals surface area contributed by atoms with Gasteiger partial charge in [-0.2, -0.15) is 0 Å². The molecule has 0 atom stereocenters. The lowest BCUT2D eigenvalue weighted by Gasteiger charge is -2.17. The van der Waals surface area contributed by atoms with Crippen LogP contribution in [-0.4, -0.2) is 33.4 Å². The molecule has 0 aliphatic carbocycles. The standard InChI is InChI=1S/C24H24NO2S.ClHO4/c1-26-21-10-7-19(8-11-21)9-12-22-13-14-23(20-5-3-2-4-6-20)24(28-22)25-15-17-27-18-16-25;2-1(3,4)5/h2-14H,15-18H2,1H3;(H,2,3,4,5)/q+1;/p-1/b12-9+;.